The van der Waals surface area contributed by atoms with Gasteiger partial charge in [-0.3, -0.25) is 4.90 Å². The van der Waals surface area contributed by atoms with E-state index in [0.717, 1.165) is 18.0 Å². The Morgan fingerprint density at radius 3 is 2.42 bits per heavy atom. The van der Waals surface area contributed by atoms with Crippen molar-refractivity contribution >= 4 is 0 Å². The zero-order chi connectivity index (χ0) is 9.14. The fourth-order valence-corrected chi connectivity index (χ4v) is 1.81. The van der Waals surface area contributed by atoms with Gasteiger partial charge in [0, 0.05) is 25.2 Å². The third-order valence-electron chi connectivity index (χ3n) is 3.17. The molecule has 1 fully saturated rings. The summed E-state index contributed by atoms with van der Waals surface area (Å²) in [6.45, 7) is 9.44. The Morgan fingerprint density at radius 1 is 1.33 bits per heavy atom. The van der Waals surface area contributed by atoms with Gasteiger partial charge >= 0.3 is 0 Å². The molecule has 0 aromatic rings. The molecule has 0 aromatic heterocycles. The number of hydrogen-bond acceptors (Lipinski definition) is 2. The third-order valence-corrected chi connectivity index (χ3v) is 3.17. The summed E-state index contributed by atoms with van der Waals surface area (Å²) < 4.78 is 0. The van der Waals surface area contributed by atoms with E-state index < -0.39 is 0 Å². The lowest BCUT2D eigenvalue weighted by atomic mass is 10.1. The lowest BCUT2D eigenvalue weighted by Gasteiger charge is -2.27. The second-order valence-corrected chi connectivity index (χ2v) is 4.25. The molecule has 72 valence electrons. The quantitative estimate of drug-likeness (QED) is 0.687. The van der Waals surface area contributed by atoms with Crippen molar-refractivity contribution in [3.8, 4) is 0 Å². The maximum Gasteiger partial charge on any atom is 0.0204 e. The van der Waals surface area contributed by atoms with Gasteiger partial charge in [-0.1, -0.05) is 13.8 Å². The molecule has 0 saturated carbocycles. The molecule has 1 N–H and O–H groups in total. The second-order valence-electron chi connectivity index (χ2n) is 4.25. The molecular formula is C10H22N2. The van der Waals surface area contributed by atoms with Crippen LogP contribution in [0.1, 0.15) is 27.2 Å². The summed E-state index contributed by atoms with van der Waals surface area (Å²) in [4.78, 5) is 2.59. The van der Waals surface area contributed by atoms with Crippen LogP contribution in [0.4, 0.5) is 0 Å². The van der Waals surface area contributed by atoms with Crippen molar-refractivity contribution in [3.05, 3.63) is 0 Å². The second kappa shape index (κ2) is 4.24. The Hall–Kier alpha value is -0.0800. The molecule has 0 spiro atoms. The largest absolute Gasteiger partial charge is 0.316 e. The molecular weight excluding hydrogens is 148 g/mol. The van der Waals surface area contributed by atoms with E-state index in [-0.39, 0.29) is 0 Å². The van der Waals surface area contributed by atoms with E-state index in [1.165, 1.54) is 19.5 Å². The van der Waals surface area contributed by atoms with Gasteiger partial charge in [-0.05, 0) is 26.3 Å². The van der Waals surface area contributed by atoms with E-state index in [9.17, 15) is 0 Å². The minimum atomic E-state index is 0.728. The molecule has 1 aliphatic rings. The van der Waals surface area contributed by atoms with E-state index >= 15 is 0 Å². The first kappa shape index (κ1) is 10.0. The molecule has 2 heteroatoms. The van der Waals surface area contributed by atoms with Gasteiger partial charge < -0.3 is 5.32 Å². The Kier molecular flexibility index (Phi) is 3.53. The topological polar surface area (TPSA) is 15.3 Å². The van der Waals surface area contributed by atoms with Crippen LogP contribution >= 0.6 is 0 Å². The first-order chi connectivity index (χ1) is 5.65. The van der Waals surface area contributed by atoms with Gasteiger partial charge in [-0.2, -0.15) is 0 Å². The molecule has 0 bridgehead atoms. The van der Waals surface area contributed by atoms with Crippen molar-refractivity contribution < 1.29 is 0 Å². The van der Waals surface area contributed by atoms with E-state index in [0.29, 0.717) is 0 Å². The van der Waals surface area contributed by atoms with Crippen LogP contribution in [0.3, 0.4) is 0 Å². The van der Waals surface area contributed by atoms with Crippen molar-refractivity contribution in [2.24, 2.45) is 5.92 Å². The maximum atomic E-state index is 3.35. The van der Waals surface area contributed by atoms with Crippen molar-refractivity contribution in [1.29, 1.82) is 0 Å². The molecule has 0 amide bonds. The monoisotopic (exact) mass is 170 g/mol. The summed E-state index contributed by atoms with van der Waals surface area (Å²) >= 11 is 0. The van der Waals surface area contributed by atoms with Crippen molar-refractivity contribution in [2.75, 3.05) is 20.1 Å². The molecule has 1 aliphatic heterocycles. The first-order valence-corrected chi connectivity index (χ1v) is 5.06. The maximum absolute atomic E-state index is 3.35. The lowest BCUT2D eigenvalue weighted by molar-refractivity contribution is 0.204. The average molecular weight is 170 g/mol. The molecule has 0 radical (unpaired) electrons. The Bertz CT molecular complexity index is 134. The van der Waals surface area contributed by atoms with E-state index in [1.807, 2.05) is 0 Å². The zero-order valence-corrected chi connectivity index (χ0v) is 8.80. The molecule has 2 nitrogen and oxygen atoms in total. The summed E-state index contributed by atoms with van der Waals surface area (Å²) in [6, 6.07) is 1.47. The number of rotatable bonds is 3. The van der Waals surface area contributed by atoms with E-state index in [2.05, 4.69) is 38.0 Å². The van der Waals surface area contributed by atoms with Gasteiger partial charge in [0.2, 0.25) is 0 Å². The fourth-order valence-electron chi connectivity index (χ4n) is 1.81. The first-order valence-electron chi connectivity index (χ1n) is 5.06. The highest BCUT2D eigenvalue weighted by molar-refractivity contribution is 4.83. The average Bonchev–Trinajstić information content (AvgIpc) is 2.50. The Morgan fingerprint density at radius 2 is 2.00 bits per heavy atom. The molecule has 2 unspecified atom stereocenters. The number of nitrogens with zero attached hydrogens (tertiary/aromatic N) is 1. The van der Waals surface area contributed by atoms with Crippen LogP contribution < -0.4 is 5.32 Å². The summed E-state index contributed by atoms with van der Waals surface area (Å²) in [5, 5.41) is 3.35. The van der Waals surface area contributed by atoms with Crippen molar-refractivity contribution in [2.45, 2.75) is 39.3 Å². The van der Waals surface area contributed by atoms with Gasteiger partial charge in [-0.25, -0.2) is 0 Å². The number of likely N-dealkylation sites (tertiary alicyclic amines) is 1. The number of likely N-dealkylation sites (N-methyl/N-ethyl adjacent to an activating group) is 1. The van der Waals surface area contributed by atoms with Crippen molar-refractivity contribution in [3.63, 3.8) is 0 Å². The highest BCUT2D eigenvalue weighted by Gasteiger charge is 2.25. The molecule has 1 heterocycles. The molecule has 0 aromatic carbocycles. The Labute approximate surface area is 76.3 Å². The summed E-state index contributed by atoms with van der Waals surface area (Å²) in [7, 11) is 2.06. The molecule has 2 atom stereocenters. The molecule has 12 heavy (non-hydrogen) atoms. The van der Waals surface area contributed by atoms with Crippen LogP contribution in [0, 0.1) is 5.92 Å². The van der Waals surface area contributed by atoms with Gasteiger partial charge in [0.1, 0.15) is 0 Å². The highest BCUT2D eigenvalue weighted by atomic mass is 15.2. The van der Waals surface area contributed by atoms with E-state index in [1.54, 1.807) is 0 Å². The van der Waals surface area contributed by atoms with Gasteiger partial charge in [0.15, 0.2) is 0 Å². The lowest BCUT2D eigenvalue weighted by Crippen LogP contribution is -2.37. The van der Waals surface area contributed by atoms with Crippen LogP contribution in [-0.4, -0.2) is 37.1 Å². The van der Waals surface area contributed by atoms with Crippen LogP contribution in [0.15, 0.2) is 0 Å². The normalized spacial score (nSPS) is 28.2. The fraction of sp³-hybridized carbons (Fsp3) is 1.00. The Balaban J connectivity index is 2.35. The van der Waals surface area contributed by atoms with Crippen LogP contribution in [-0.2, 0) is 0 Å². The van der Waals surface area contributed by atoms with Gasteiger partial charge in [0.05, 0.1) is 0 Å². The molecule has 1 rings (SSSR count). The molecule has 0 aliphatic carbocycles. The minimum Gasteiger partial charge on any atom is -0.316 e. The third kappa shape index (κ3) is 2.20. The van der Waals surface area contributed by atoms with Crippen LogP contribution in [0.2, 0.25) is 0 Å². The summed E-state index contributed by atoms with van der Waals surface area (Å²) in [6.07, 6.45) is 1.31. The minimum absolute atomic E-state index is 0.728. The summed E-state index contributed by atoms with van der Waals surface area (Å²) in [5.41, 5.74) is 0. The van der Waals surface area contributed by atoms with E-state index in [4.69, 9.17) is 0 Å². The van der Waals surface area contributed by atoms with Crippen LogP contribution in [0.25, 0.3) is 0 Å². The molecule has 1 saturated heterocycles. The predicted octanol–water partition coefficient (Wildman–Crippen LogP) is 1.32. The van der Waals surface area contributed by atoms with Gasteiger partial charge in [-0.15, -0.1) is 0 Å². The van der Waals surface area contributed by atoms with Gasteiger partial charge in [0.25, 0.3) is 0 Å². The predicted molar refractivity (Wildman–Crippen MR) is 53.3 cm³/mol. The number of nitrogens with one attached hydrogen (secondary N) is 1. The SMILES string of the molecule is CNC1CCN(C(C)C(C)C)C1. The standard InChI is InChI=1S/C10H22N2/c1-8(2)9(3)12-6-5-10(7-12)11-4/h8-11H,5-7H2,1-4H3. The van der Waals surface area contributed by atoms with Crippen molar-refractivity contribution in [1.82, 2.24) is 10.2 Å². The highest BCUT2D eigenvalue weighted by Crippen LogP contribution is 2.17. The smallest absolute Gasteiger partial charge is 0.0204 e. The number of hydrogen-bond donors (Lipinski definition) is 1. The van der Waals surface area contributed by atoms with Crippen LogP contribution in [0.5, 0.6) is 0 Å². The zero-order valence-electron chi connectivity index (χ0n) is 8.80. The summed E-state index contributed by atoms with van der Waals surface area (Å²) in [5.74, 6) is 0.778.